The number of benzene rings is 2. The van der Waals surface area contributed by atoms with Gasteiger partial charge in [0.15, 0.2) is 0 Å². The first-order chi connectivity index (χ1) is 8.16. The van der Waals surface area contributed by atoms with Crippen molar-refractivity contribution in [3.05, 3.63) is 71.0 Å². The lowest BCUT2D eigenvalue weighted by Crippen LogP contribution is -1.96. The first-order valence-corrected chi connectivity index (χ1v) is 6.52. The van der Waals surface area contributed by atoms with Crippen molar-refractivity contribution in [2.75, 3.05) is 0 Å². The van der Waals surface area contributed by atoms with Gasteiger partial charge in [-0.15, -0.1) is 0 Å². The number of aryl methyl sites for hydroxylation is 1. The third kappa shape index (κ3) is 3.16. The van der Waals surface area contributed by atoms with Gasteiger partial charge >= 0.3 is 0 Å². The van der Waals surface area contributed by atoms with E-state index in [2.05, 4.69) is 28.1 Å². The minimum atomic E-state index is -0.145. The highest BCUT2D eigenvalue weighted by atomic mass is 79.9. The standard InChI is InChI=1S/C15H14BrF/c1-11-9-13(7-8-15(11)17)14(16)10-12-5-3-2-4-6-12/h2-9,14H,10H2,1H3. The smallest absolute Gasteiger partial charge is 0.126 e. The summed E-state index contributed by atoms with van der Waals surface area (Å²) in [6.07, 6.45) is 0.909. The van der Waals surface area contributed by atoms with Crippen molar-refractivity contribution in [1.82, 2.24) is 0 Å². The molecule has 0 aliphatic heterocycles. The minimum Gasteiger partial charge on any atom is -0.207 e. The molecule has 1 atom stereocenters. The summed E-state index contributed by atoms with van der Waals surface area (Å²) in [4.78, 5) is 0.226. The van der Waals surface area contributed by atoms with Crippen molar-refractivity contribution in [2.45, 2.75) is 18.2 Å². The predicted octanol–water partition coefficient (Wildman–Crippen LogP) is 4.81. The van der Waals surface area contributed by atoms with Crippen molar-refractivity contribution in [3.63, 3.8) is 0 Å². The summed E-state index contributed by atoms with van der Waals surface area (Å²) in [6.45, 7) is 1.79. The molecule has 2 rings (SSSR count). The molecule has 0 N–H and O–H groups in total. The molecule has 0 spiro atoms. The first kappa shape index (κ1) is 12.3. The lowest BCUT2D eigenvalue weighted by molar-refractivity contribution is 0.617. The monoisotopic (exact) mass is 292 g/mol. The summed E-state index contributed by atoms with van der Waals surface area (Å²) in [5.41, 5.74) is 3.09. The van der Waals surface area contributed by atoms with E-state index in [9.17, 15) is 4.39 Å². The van der Waals surface area contributed by atoms with Crippen molar-refractivity contribution >= 4 is 15.9 Å². The molecule has 0 aliphatic rings. The fourth-order valence-electron chi connectivity index (χ4n) is 1.80. The van der Waals surface area contributed by atoms with Gasteiger partial charge in [0, 0.05) is 4.83 Å². The molecule has 2 heteroatoms. The Kier molecular flexibility index (Phi) is 3.95. The van der Waals surface area contributed by atoms with Gasteiger partial charge in [0.1, 0.15) is 5.82 Å². The number of alkyl halides is 1. The Hall–Kier alpha value is -1.15. The van der Waals surface area contributed by atoms with Crippen LogP contribution in [0.5, 0.6) is 0 Å². The van der Waals surface area contributed by atoms with E-state index >= 15 is 0 Å². The van der Waals surface area contributed by atoms with Crippen molar-refractivity contribution in [2.24, 2.45) is 0 Å². The molecule has 88 valence electrons. The SMILES string of the molecule is Cc1cc(C(Br)Cc2ccccc2)ccc1F. The van der Waals surface area contributed by atoms with Gasteiger partial charge in [-0.05, 0) is 36.1 Å². The van der Waals surface area contributed by atoms with Gasteiger partial charge < -0.3 is 0 Å². The molecular formula is C15H14BrF. The molecule has 1 unspecified atom stereocenters. The van der Waals surface area contributed by atoms with E-state index in [4.69, 9.17) is 0 Å². The van der Waals surface area contributed by atoms with E-state index in [1.807, 2.05) is 30.3 Å². The zero-order chi connectivity index (χ0) is 12.3. The maximum atomic E-state index is 13.2. The van der Waals surface area contributed by atoms with Crippen LogP contribution >= 0.6 is 15.9 Å². The molecule has 0 amide bonds. The Bertz CT molecular complexity index is 494. The first-order valence-electron chi connectivity index (χ1n) is 5.61. The Balaban J connectivity index is 2.14. The van der Waals surface area contributed by atoms with Gasteiger partial charge in [0.25, 0.3) is 0 Å². The largest absolute Gasteiger partial charge is 0.207 e. The molecule has 2 aromatic carbocycles. The van der Waals surface area contributed by atoms with Crippen LogP contribution in [0.25, 0.3) is 0 Å². The minimum absolute atomic E-state index is 0.145. The Morgan fingerprint density at radius 3 is 2.47 bits per heavy atom. The molecule has 0 saturated carbocycles. The summed E-state index contributed by atoms with van der Waals surface area (Å²) < 4.78 is 13.2. The molecule has 0 nitrogen and oxygen atoms in total. The molecular weight excluding hydrogens is 279 g/mol. The van der Waals surface area contributed by atoms with Crippen LogP contribution in [-0.2, 0) is 6.42 Å². The molecule has 0 saturated heterocycles. The van der Waals surface area contributed by atoms with Crippen LogP contribution in [0.4, 0.5) is 4.39 Å². The highest BCUT2D eigenvalue weighted by molar-refractivity contribution is 9.09. The summed E-state index contributed by atoms with van der Waals surface area (Å²) >= 11 is 3.66. The summed E-state index contributed by atoms with van der Waals surface area (Å²) in [6, 6.07) is 15.5. The molecule has 0 heterocycles. The summed E-state index contributed by atoms with van der Waals surface area (Å²) in [5.74, 6) is -0.145. The van der Waals surface area contributed by atoms with Crippen LogP contribution in [0.3, 0.4) is 0 Å². The van der Waals surface area contributed by atoms with Crippen molar-refractivity contribution in [3.8, 4) is 0 Å². The normalized spacial score (nSPS) is 12.4. The fraction of sp³-hybridized carbons (Fsp3) is 0.200. The third-order valence-corrected chi connectivity index (χ3v) is 3.65. The fourth-order valence-corrected chi connectivity index (χ4v) is 2.46. The van der Waals surface area contributed by atoms with E-state index in [0.29, 0.717) is 5.56 Å². The average Bonchev–Trinajstić information content (AvgIpc) is 2.34. The van der Waals surface area contributed by atoms with Crippen LogP contribution in [0, 0.1) is 12.7 Å². The van der Waals surface area contributed by atoms with Crippen LogP contribution in [-0.4, -0.2) is 0 Å². The molecule has 2 aromatic rings. The Labute approximate surface area is 110 Å². The van der Waals surface area contributed by atoms with Gasteiger partial charge in [-0.2, -0.15) is 0 Å². The summed E-state index contributed by atoms with van der Waals surface area (Å²) in [5, 5.41) is 0. The molecule has 0 radical (unpaired) electrons. The zero-order valence-corrected chi connectivity index (χ0v) is 11.2. The second kappa shape index (κ2) is 5.46. The maximum absolute atomic E-state index is 13.2. The highest BCUT2D eigenvalue weighted by Gasteiger charge is 2.09. The van der Waals surface area contributed by atoms with Crippen molar-refractivity contribution in [1.29, 1.82) is 0 Å². The summed E-state index contributed by atoms with van der Waals surface area (Å²) in [7, 11) is 0. The number of rotatable bonds is 3. The quantitative estimate of drug-likeness (QED) is 0.712. The number of halogens is 2. The van der Waals surface area contributed by atoms with Crippen LogP contribution in [0.15, 0.2) is 48.5 Å². The molecule has 0 aromatic heterocycles. The lowest BCUT2D eigenvalue weighted by Gasteiger charge is -2.11. The van der Waals surface area contributed by atoms with Gasteiger partial charge in [0.2, 0.25) is 0 Å². The Morgan fingerprint density at radius 1 is 1.12 bits per heavy atom. The van der Waals surface area contributed by atoms with Crippen LogP contribution in [0.1, 0.15) is 21.5 Å². The number of hydrogen-bond donors (Lipinski definition) is 0. The van der Waals surface area contributed by atoms with E-state index in [1.54, 1.807) is 6.92 Å². The second-order valence-corrected chi connectivity index (χ2v) is 5.27. The van der Waals surface area contributed by atoms with E-state index in [1.165, 1.54) is 11.6 Å². The van der Waals surface area contributed by atoms with Gasteiger partial charge in [-0.1, -0.05) is 58.4 Å². The average molecular weight is 293 g/mol. The van der Waals surface area contributed by atoms with Gasteiger partial charge in [0.05, 0.1) is 0 Å². The molecule has 0 aliphatic carbocycles. The molecule has 0 bridgehead atoms. The zero-order valence-electron chi connectivity index (χ0n) is 9.66. The van der Waals surface area contributed by atoms with Gasteiger partial charge in [-0.3, -0.25) is 0 Å². The molecule has 17 heavy (non-hydrogen) atoms. The highest BCUT2D eigenvalue weighted by Crippen LogP contribution is 2.28. The predicted molar refractivity (Wildman–Crippen MR) is 73.0 cm³/mol. The maximum Gasteiger partial charge on any atom is 0.126 e. The number of hydrogen-bond acceptors (Lipinski definition) is 0. The van der Waals surface area contributed by atoms with E-state index in [-0.39, 0.29) is 10.6 Å². The third-order valence-electron chi connectivity index (χ3n) is 2.80. The van der Waals surface area contributed by atoms with E-state index in [0.717, 1.165) is 12.0 Å². The van der Waals surface area contributed by atoms with E-state index < -0.39 is 0 Å². The Morgan fingerprint density at radius 2 is 1.82 bits per heavy atom. The van der Waals surface area contributed by atoms with Gasteiger partial charge in [-0.25, -0.2) is 4.39 Å². The topological polar surface area (TPSA) is 0 Å². The molecule has 0 fully saturated rings. The van der Waals surface area contributed by atoms with Crippen molar-refractivity contribution < 1.29 is 4.39 Å². The van der Waals surface area contributed by atoms with Crippen LogP contribution in [0.2, 0.25) is 0 Å². The second-order valence-electron chi connectivity index (χ2n) is 4.17. The lowest BCUT2D eigenvalue weighted by atomic mass is 10.0. The van der Waals surface area contributed by atoms with Crippen LogP contribution < -0.4 is 0 Å².